The van der Waals surface area contributed by atoms with E-state index in [0.29, 0.717) is 17.1 Å². The van der Waals surface area contributed by atoms with Crippen LogP contribution in [0.15, 0.2) is 24.3 Å². The number of amides is 1. The molecule has 0 aromatic heterocycles. The summed E-state index contributed by atoms with van der Waals surface area (Å²) >= 11 is 5.98. The van der Waals surface area contributed by atoms with Crippen LogP contribution < -0.4 is 5.32 Å². The number of nitrogens with one attached hydrogen (secondary N) is 1. The lowest BCUT2D eigenvalue weighted by Crippen LogP contribution is -2.25. The van der Waals surface area contributed by atoms with E-state index < -0.39 is 0 Å². The van der Waals surface area contributed by atoms with Crippen molar-refractivity contribution in [3.05, 3.63) is 34.9 Å². The molecule has 19 heavy (non-hydrogen) atoms. The molecule has 1 aromatic carbocycles. The van der Waals surface area contributed by atoms with E-state index in [0.717, 1.165) is 44.8 Å². The van der Waals surface area contributed by atoms with Crippen LogP contribution >= 0.6 is 11.6 Å². The standard InChI is InChI=1S/C15H20ClNO2/c16-14-6-2-1-5-13(14)15(18)17-9-3-4-12-7-10-19-11-8-12/h1-2,5-6,12H,3-4,7-11H2,(H,17,18). The number of carbonyl (C=O) groups excluding carboxylic acids is 1. The van der Waals surface area contributed by atoms with Crippen molar-refractivity contribution in [3.63, 3.8) is 0 Å². The molecule has 0 aliphatic carbocycles. The summed E-state index contributed by atoms with van der Waals surface area (Å²) in [6, 6.07) is 7.13. The van der Waals surface area contributed by atoms with Crippen molar-refractivity contribution in [2.24, 2.45) is 5.92 Å². The summed E-state index contributed by atoms with van der Waals surface area (Å²) < 4.78 is 5.33. The Balaban J connectivity index is 1.68. The molecule has 1 amide bonds. The molecule has 1 aliphatic rings. The lowest BCUT2D eigenvalue weighted by atomic mass is 9.95. The van der Waals surface area contributed by atoms with Crippen molar-refractivity contribution in [3.8, 4) is 0 Å². The molecular weight excluding hydrogens is 262 g/mol. The summed E-state index contributed by atoms with van der Waals surface area (Å²) in [5.74, 6) is 0.670. The monoisotopic (exact) mass is 281 g/mol. The fourth-order valence-electron chi connectivity index (χ4n) is 2.37. The molecule has 0 unspecified atom stereocenters. The highest BCUT2D eigenvalue weighted by Crippen LogP contribution is 2.19. The van der Waals surface area contributed by atoms with Crippen molar-refractivity contribution in [2.75, 3.05) is 19.8 Å². The lowest BCUT2D eigenvalue weighted by Gasteiger charge is -2.21. The van der Waals surface area contributed by atoms with Gasteiger partial charge in [0.15, 0.2) is 0 Å². The number of ether oxygens (including phenoxy) is 1. The first kappa shape index (κ1) is 14.4. The Morgan fingerprint density at radius 3 is 2.79 bits per heavy atom. The molecule has 0 atom stereocenters. The largest absolute Gasteiger partial charge is 0.381 e. The molecule has 104 valence electrons. The lowest BCUT2D eigenvalue weighted by molar-refractivity contribution is 0.0631. The Morgan fingerprint density at radius 2 is 2.05 bits per heavy atom. The van der Waals surface area contributed by atoms with Gasteiger partial charge in [-0.15, -0.1) is 0 Å². The fourth-order valence-corrected chi connectivity index (χ4v) is 2.59. The summed E-state index contributed by atoms with van der Waals surface area (Å²) in [4.78, 5) is 11.9. The Labute approximate surface area is 119 Å². The highest BCUT2D eigenvalue weighted by atomic mass is 35.5. The molecular formula is C15H20ClNO2. The molecule has 0 saturated carbocycles. The molecule has 1 aromatic rings. The first-order valence-corrected chi connectivity index (χ1v) is 7.25. The van der Waals surface area contributed by atoms with Crippen molar-refractivity contribution in [1.82, 2.24) is 5.32 Å². The minimum atomic E-state index is -0.0856. The molecule has 3 nitrogen and oxygen atoms in total. The van der Waals surface area contributed by atoms with Gasteiger partial charge in [-0.1, -0.05) is 23.7 Å². The van der Waals surface area contributed by atoms with Crippen LogP contribution in [0.5, 0.6) is 0 Å². The Morgan fingerprint density at radius 1 is 1.32 bits per heavy atom. The summed E-state index contributed by atoms with van der Waals surface area (Å²) in [6.07, 6.45) is 4.48. The second-order valence-electron chi connectivity index (χ2n) is 4.93. The summed E-state index contributed by atoms with van der Waals surface area (Å²) in [7, 11) is 0. The average molecular weight is 282 g/mol. The fraction of sp³-hybridized carbons (Fsp3) is 0.533. The van der Waals surface area contributed by atoms with Crippen LogP contribution in [0.4, 0.5) is 0 Å². The van der Waals surface area contributed by atoms with Crippen molar-refractivity contribution in [1.29, 1.82) is 0 Å². The van der Waals surface area contributed by atoms with Gasteiger partial charge in [-0.2, -0.15) is 0 Å². The highest BCUT2D eigenvalue weighted by molar-refractivity contribution is 6.33. The zero-order valence-corrected chi connectivity index (χ0v) is 11.8. The van der Waals surface area contributed by atoms with Crippen LogP contribution in [0.1, 0.15) is 36.0 Å². The van der Waals surface area contributed by atoms with E-state index in [1.165, 1.54) is 0 Å². The van der Waals surface area contributed by atoms with Gasteiger partial charge in [-0.3, -0.25) is 4.79 Å². The summed E-state index contributed by atoms with van der Waals surface area (Å²) in [5.41, 5.74) is 0.551. The van der Waals surface area contributed by atoms with E-state index in [2.05, 4.69) is 5.32 Å². The highest BCUT2D eigenvalue weighted by Gasteiger charge is 2.13. The van der Waals surface area contributed by atoms with Gasteiger partial charge in [0.1, 0.15) is 0 Å². The first-order chi connectivity index (χ1) is 9.27. The van der Waals surface area contributed by atoms with Crippen LogP contribution in [0.2, 0.25) is 5.02 Å². The maximum absolute atomic E-state index is 11.9. The van der Waals surface area contributed by atoms with Crippen molar-refractivity contribution >= 4 is 17.5 Å². The number of carbonyl (C=O) groups is 1. The molecule has 1 heterocycles. The van der Waals surface area contributed by atoms with E-state index >= 15 is 0 Å². The number of rotatable bonds is 5. The first-order valence-electron chi connectivity index (χ1n) is 6.88. The maximum atomic E-state index is 11.9. The van der Waals surface area contributed by atoms with Gasteiger partial charge in [0.25, 0.3) is 5.91 Å². The number of hydrogen-bond donors (Lipinski definition) is 1. The molecule has 1 saturated heterocycles. The topological polar surface area (TPSA) is 38.3 Å². The number of hydrogen-bond acceptors (Lipinski definition) is 2. The molecule has 2 rings (SSSR count). The van der Waals surface area contributed by atoms with Gasteiger partial charge < -0.3 is 10.1 Å². The molecule has 4 heteroatoms. The van der Waals surface area contributed by atoms with E-state index in [4.69, 9.17) is 16.3 Å². The number of halogens is 1. The van der Waals surface area contributed by atoms with Crippen molar-refractivity contribution < 1.29 is 9.53 Å². The predicted molar refractivity (Wildman–Crippen MR) is 76.6 cm³/mol. The zero-order chi connectivity index (χ0) is 13.5. The SMILES string of the molecule is O=C(NCCCC1CCOCC1)c1ccccc1Cl. The minimum absolute atomic E-state index is 0.0856. The second-order valence-corrected chi connectivity index (χ2v) is 5.34. The van der Waals surface area contributed by atoms with Gasteiger partial charge in [0.05, 0.1) is 10.6 Å². The number of benzene rings is 1. The molecule has 1 N–H and O–H groups in total. The van der Waals surface area contributed by atoms with Gasteiger partial charge in [-0.05, 0) is 43.7 Å². The van der Waals surface area contributed by atoms with Crippen LogP contribution in [0, 0.1) is 5.92 Å². The Kier molecular flexibility index (Phi) is 5.67. The molecule has 0 radical (unpaired) electrons. The molecule has 0 bridgehead atoms. The summed E-state index contributed by atoms with van der Waals surface area (Å²) in [5, 5.41) is 3.43. The minimum Gasteiger partial charge on any atom is -0.381 e. The maximum Gasteiger partial charge on any atom is 0.252 e. The van der Waals surface area contributed by atoms with E-state index in [9.17, 15) is 4.79 Å². The third-order valence-electron chi connectivity index (χ3n) is 3.53. The van der Waals surface area contributed by atoms with Crippen LogP contribution in [0.3, 0.4) is 0 Å². The second kappa shape index (κ2) is 7.51. The van der Waals surface area contributed by atoms with Gasteiger partial charge in [0, 0.05) is 19.8 Å². The van der Waals surface area contributed by atoms with Gasteiger partial charge in [-0.25, -0.2) is 0 Å². The molecule has 0 spiro atoms. The zero-order valence-electron chi connectivity index (χ0n) is 11.0. The third kappa shape index (κ3) is 4.51. The van der Waals surface area contributed by atoms with E-state index in [1.807, 2.05) is 12.1 Å². The smallest absolute Gasteiger partial charge is 0.252 e. The predicted octanol–water partition coefficient (Wildman–Crippen LogP) is 3.28. The average Bonchev–Trinajstić information content (AvgIpc) is 2.45. The van der Waals surface area contributed by atoms with E-state index in [1.54, 1.807) is 12.1 Å². The van der Waals surface area contributed by atoms with Gasteiger partial charge in [0.2, 0.25) is 0 Å². The molecule has 1 fully saturated rings. The van der Waals surface area contributed by atoms with Crippen LogP contribution in [0.25, 0.3) is 0 Å². The summed E-state index contributed by atoms with van der Waals surface area (Å²) in [6.45, 7) is 2.48. The Bertz CT molecular complexity index is 416. The van der Waals surface area contributed by atoms with Crippen LogP contribution in [-0.2, 0) is 4.74 Å². The van der Waals surface area contributed by atoms with E-state index in [-0.39, 0.29) is 5.91 Å². The normalized spacial score (nSPS) is 16.3. The Hall–Kier alpha value is -1.06. The van der Waals surface area contributed by atoms with Gasteiger partial charge >= 0.3 is 0 Å². The van der Waals surface area contributed by atoms with Crippen LogP contribution in [-0.4, -0.2) is 25.7 Å². The quantitative estimate of drug-likeness (QED) is 0.841. The third-order valence-corrected chi connectivity index (χ3v) is 3.86. The molecule has 1 aliphatic heterocycles. The van der Waals surface area contributed by atoms with Crippen molar-refractivity contribution in [2.45, 2.75) is 25.7 Å².